The third-order valence-electron chi connectivity index (χ3n) is 3.44. The van der Waals surface area contributed by atoms with E-state index in [1.165, 1.54) is 12.8 Å². The highest BCUT2D eigenvalue weighted by Gasteiger charge is 2.26. The van der Waals surface area contributed by atoms with Gasteiger partial charge in [0.05, 0.1) is 6.10 Å². The Labute approximate surface area is 93.9 Å². The fraction of sp³-hybridized carbons (Fsp3) is 1.00. The number of hydrogen-bond donors (Lipinski definition) is 2. The summed E-state index contributed by atoms with van der Waals surface area (Å²) in [7, 11) is 0. The van der Waals surface area contributed by atoms with Gasteiger partial charge in [0, 0.05) is 18.6 Å². The van der Waals surface area contributed by atoms with E-state index in [1.807, 2.05) is 6.92 Å². The largest absolute Gasteiger partial charge is 0.392 e. The smallest absolute Gasteiger partial charge is 0.0664 e. The van der Waals surface area contributed by atoms with E-state index in [2.05, 4.69) is 24.1 Å². The monoisotopic (exact) mass is 214 g/mol. The fourth-order valence-electron chi connectivity index (χ4n) is 2.37. The van der Waals surface area contributed by atoms with Crippen molar-refractivity contribution in [2.75, 3.05) is 19.6 Å². The maximum atomic E-state index is 9.69. The summed E-state index contributed by atoms with van der Waals surface area (Å²) in [5.74, 6) is 0. The van der Waals surface area contributed by atoms with Crippen molar-refractivity contribution < 1.29 is 5.11 Å². The number of piperidine rings is 1. The zero-order valence-corrected chi connectivity index (χ0v) is 10.4. The summed E-state index contributed by atoms with van der Waals surface area (Å²) in [6, 6.07) is 0.887. The SMILES string of the molecule is CCCN(C1CCCNC1)C(C)C(C)O. The molecule has 1 fully saturated rings. The Morgan fingerprint density at radius 2 is 2.20 bits per heavy atom. The molecule has 3 nitrogen and oxygen atoms in total. The standard InChI is InChI=1S/C12H26N2O/c1-4-8-14(10(2)11(3)15)12-6-5-7-13-9-12/h10-13,15H,4-9H2,1-3H3. The predicted molar refractivity (Wildman–Crippen MR) is 64.0 cm³/mol. The molecule has 0 saturated carbocycles. The van der Waals surface area contributed by atoms with Crippen molar-refractivity contribution in [3.8, 4) is 0 Å². The second-order valence-electron chi connectivity index (χ2n) is 4.72. The van der Waals surface area contributed by atoms with E-state index in [1.54, 1.807) is 0 Å². The van der Waals surface area contributed by atoms with Gasteiger partial charge in [-0.15, -0.1) is 0 Å². The van der Waals surface area contributed by atoms with Crippen molar-refractivity contribution in [1.82, 2.24) is 10.2 Å². The zero-order chi connectivity index (χ0) is 11.3. The molecular weight excluding hydrogens is 188 g/mol. The van der Waals surface area contributed by atoms with Gasteiger partial charge in [-0.1, -0.05) is 6.92 Å². The fourth-order valence-corrected chi connectivity index (χ4v) is 2.37. The number of aliphatic hydroxyl groups excluding tert-OH is 1. The van der Waals surface area contributed by atoms with Crippen LogP contribution in [0.2, 0.25) is 0 Å². The minimum atomic E-state index is -0.238. The summed E-state index contributed by atoms with van der Waals surface area (Å²) >= 11 is 0. The lowest BCUT2D eigenvalue weighted by atomic mass is 10.0. The van der Waals surface area contributed by atoms with Crippen molar-refractivity contribution in [2.45, 2.75) is 58.2 Å². The topological polar surface area (TPSA) is 35.5 Å². The molecule has 3 unspecified atom stereocenters. The predicted octanol–water partition coefficient (Wildman–Crippen LogP) is 1.22. The Morgan fingerprint density at radius 3 is 2.67 bits per heavy atom. The molecule has 3 atom stereocenters. The van der Waals surface area contributed by atoms with E-state index in [4.69, 9.17) is 0 Å². The van der Waals surface area contributed by atoms with Crippen LogP contribution in [0.4, 0.5) is 0 Å². The Morgan fingerprint density at radius 1 is 1.47 bits per heavy atom. The van der Waals surface area contributed by atoms with E-state index < -0.39 is 0 Å². The molecule has 1 aliphatic heterocycles. The first kappa shape index (κ1) is 12.9. The summed E-state index contributed by atoms with van der Waals surface area (Å²) in [5, 5.41) is 13.1. The molecule has 0 bridgehead atoms. The van der Waals surface area contributed by atoms with Gasteiger partial charge in [-0.05, 0) is 46.2 Å². The van der Waals surface area contributed by atoms with E-state index in [9.17, 15) is 5.11 Å². The van der Waals surface area contributed by atoms with Crippen LogP contribution >= 0.6 is 0 Å². The lowest BCUT2D eigenvalue weighted by Crippen LogP contribution is -2.52. The Kier molecular flexibility index (Phi) is 5.58. The lowest BCUT2D eigenvalue weighted by Gasteiger charge is -2.39. The molecule has 0 amide bonds. The Hall–Kier alpha value is -0.120. The molecule has 0 aromatic carbocycles. The molecule has 0 aromatic heterocycles. The maximum absolute atomic E-state index is 9.69. The normalized spacial score (nSPS) is 26.6. The molecule has 0 aliphatic carbocycles. The van der Waals surface area contributed by atoms with Crippen molar-refractivity contribution in [3.63, 3.8) is 0 Å². The summed E-state index contributed by atoms with van der Waals surface area (Å²) < 4.78 is 0. The maximum Gasteiger partial charge on any atom is 0.0664 e. The van der Waals surface area contributed by atoms with Crippen LogP contribution in [-0.4, -0.2) is 47.8 Å². The van der Waals surface area contributed by atoms with Gasteiger partial charge >= 0.3 is 0 Å². The van der Waals surface area contributed by atoms with Crippen LogP contribution in [0.1, 0.15) is 40.0 Å². The van der Waals surface area contributed by atoms with Crippen molar-refractivity contribution >= 4 is 0 Å². The van der Waals surface area contributed by atoms with Gasteiger partial charge in [0.2, 0.25) is 0 Å². The number of aliphatic hydroxyl groups is 1. The highest BCUT2D eigenvalue weighted by molar-refractivity contribution is 4.83. The first-order chi connectivity index (χ1) is 7.16. The highest BCUT2D eigenvalue weighted by Crippen LogP contribution is 2.16. The molecule has 15 heavy (non-hydrogen) atoms. The molecule has 3 heteroatoms. The summed E-state index contributed by atoms with van der Waals surface area (Å²) in [6.07, 6.45) is 3.45. The van der Waals surface area contributed by atoms with Crippen LogP contribution in [0.3, 0.4) is 0 Å². The van der Waals surface area contributed by atoms with Crippen LogP contribution in [0.15, 0.2) is 0 Å². The summed E-state index contributed by atoms with van der Waals surface area (Å²) in [6.45, 7) is 9.56. The second-order valence-corrected chi connectivity index (χ2v) is 4.72. The van der Waals surface area contributed by atoms with E-state index in [0.29, 0.717) is 6.04 Å². The third kappa shape index (κ3) is 3.74. The molecule has 1 saturated heterocycles. The van der Waals surface area contributed by atoms with Gasteiger partial charge < -0.3 is 10.4 Å². The summed E-state index contributed by atoms with van der Waals surface area (Å²) in [5.41, 5.74) is 0. The molecule has 1 rings (SSSR count). The minimum Gasteiger partial charge on any atom is -0.392 e. The minimum absolute atomic E-state index is 0.238. The molecular formula is C12H26N2O. The van der Waals surface area contributed by atoms with Crippen molar-refractivity contribution in [1.29, 1.82) is 0 Å². The Balaban J connectivity index is 2.54. The van der Waals surface area contributed by atoms with Crippen LogP contribution in [0, 0.1) is 0 Å². The lowest BCUT2D eigenvalue weighted by molar-refractivity contribution is 0.0350. The molecule has 0 radical (unpaired) electrons. The molecule has 0 aromatic rings. The van der Waals surface area contributed by atoms with Gasteiger partial charge in [-0.25, -0.2) is 0 Å². The van der Waals surface area contributed by atoms with Crippen LogP contribution in [0.25, 0.3) is 0 Å². The average molecular weight is 214 g/mol. The second kappa shape index (κ2) is 6.46. The van der Waals surface area contributed by atoms with Gasteiger partial charge in [0.15, 0.2) is 0 Å². The summed E-state index contributed by atoms with van der Waals surface area (Å²) in [4.78, 5) is 2.47. The molecule has 1 aliphatic rings. The van der Waals surface area contributed by atoms with Crippen molar-refractivity contribution in [3.05, 3.63) is 0 Å². The molecule has 90 valence electrons. The number of hydrogen-bond acceptors (Lipinski definition) is 3. The van der Waals surface area contributed by atoms with E-state index in [-0.39, 0.29) is 12.1 Å². The number of nitrogens with zero attached hydrogens (tertiary/aromatic N) is 1. The zero-order valence-electron chi connectivity index (χ0n) is 10.4. The first-order valence-electron chi connectivity index (χ1n) is 6.31. The van der Waals surface area contributed by atoms with Crippen molar-refractivity contribution in [2.24, 2.45) is 0 Å². The van der Waals surface area contributed by atoms with Crippen LogP contribution < -0.4 is 5.32 Å². The molecule has 2 N–H and O–H groups in total. The van der Waals surface area contributed by atoms with E-state index in [0.717, 1.165) is 26.1 Å². The van der Waals surface area contributed by atoms with Gasteiger partial charge in [0.1, 0.15) is 0 Å². The average Bonchev–Trinajstić information content (AvgIpc) is 2.26. The first-order valence-corrected chi connectivity index (χ1v) is 6.31. The van der Waals surface area contributed by atoms with Gasteiger partial charge in [-0.3, -0.25) is 4.90 Å². The third-order valence-corrected chi connectivity index (χ3v) is 3.44. The Bertz CT molecular complexity index is 167. The highest BCUT2D eigenvalue weighted by atomic mass is 16.3. The van der Waals surface area contributed by atoms with Gasteiger partial charge in [0.25, 0.3) is 0 Å². The van der Waals surface area contributed by atoms with E-state index >= 15 is 0 Å². The van der Waals surface area contributed by atoms with Gasteiger partial charge in [-0.2, -0.15) is 0 Å². The molecule has 0 spiro atoms. The quantitative estimate of drug-likeness (QED) is 0.722. The molecule has 1 heterocycles. The number of nitrogens with one attached hydrogen (secondary N) is 1. The number of rotatable bonds is 5. The van der Waals surface area contributed by atoms with Crippen LogP contribution in [0.5, 0.6) is 0 Å². The van der Waals surface area contributed by atoms with Crippen LogP contribution in [-0.2, 0) is 0 Å².